The predicted molar refractivity (Wildman–Crippen MR) is 60.4 cm³/mol. The molecule has 14 heavy (non-hydrogen) atoms. The van der Waals surface area contributed by atoms with Gasteiger partial charge in [-0.05, 0) is 23.8 Å². The summed E-state index contributed by atoms with van der Waals surface area (Å²) in [6.07, 6.45) is 0.422. The van der Waals surface area contributed by atoms with Crippen LogP contribution in [0.3, 0.4) is 0 Å². The van der Waals surface area contributed by atoms with Crippen molar-refractivity contribution in [1.82, 2.24) is 0 Å². The number of Topliss-reactive ketones (excluding diaryl/α,β-unsaturated/α-hetero) is 1. The van der Waals surface area contributed by atoms with Crippen LogP contribution in [-0.2, 0) is 5.88 Å². The van der Waals surface area contributed by atoms with Gasteiger partial charge in [0, 0.05) is 23.2 Å². The first-order valence-corrected chi connectivity index (χ1v) is 5.81. The van der Waals surface area contributed by atoms with E-state index < -0.39 is 0 Å². The molecule has 1 rings (SSSR count). The second kappa shape index (κ2) is 5.37. The van der Waals surface area contributed by atoms with E-state index in [0.29, 0.717) is 23.2 Å². The Morgan fingerprint density at radius 1 is 1.43 bits per heavy atom. The minimum absolute atomic E-state index is 0.00383. The molecule has 1 aromatic carbocycles. The van der Waals surface area contributed by atoms with Crippen molar-refractivity contribution in [3.8, 4) is 5.75 Å². The van der Waals surface area contributed by atoms with Crippen molar-refractivity contribution in [3.63, 3.8) is 0 Å². The zero-order valence-corrected chi connectivity index (χ0v) is 9.81. The fourth-order valence-electron chi connectivity index (χ4n) is 1.14. The van der Waals surface area contributed by atoms with Gasteiger partial charge >= 0.3 is 0 Å². The van der Waals surface area contributed by atoms with Gasteiger partial charge in [0.25, 0.3) is 0 Å². The fourth-order valence-corrected chi connectivity index (χ4v) is 1.66. The van der Waals surface area contributed by atoms with Crippen LogP contribution in [0.4, 0.5) is 0 Å². The van der Waals surface area contributed by atoms with E-state index in [0.717, 1.165) is 5.56 Å². The number of aromatic hydroxyl groups is 1. The Balaban J connectivity index is 2.96. The molecule has 0 radical (unpaired) electrons. The average molecular weight is 278 g/mol. The highest BCUT2D eigenvalue weighted by molar-refractivity contribution is 9.09. The van der Waals surface area contributed by atoms with Gasteiger partial charge in [-0.2, -0.15) is 0 Å². The summed E-state index contributed by atoms with van der Waals surface area (Å²) < 4.78 is 0. The third-order valence-corrected chi connectivity index (χ3v) is 2.48. The maximum Gasteiger partial charge on any atom is 0.163 e. The molecular weight excluding hydrogens is 267 g/mol. The SMILES string of the molecule is O=C(CCBr)c1cc(O)cc(CCl)c1. The molecule has 0 saturated heterocycles. The van der Waals surface area contributed by atoms with Gasteiger partial charge in [0.1, 0.15) is 5.75 Å². The van der Waals surface area contributed by atoms with Crippen molar-refractivity contribution >= 4 is 33.3 Å². The largest absolute Gasteiger partial charge is 0.508 e. The first-order valence-electron chi connectivity index (χ1n) is 4.15. The lowest BCUT2D eigenvalue weighted by Crippen LogP contribution is -2.00. The monoisotopic (exact) mass is 276 g/mol. The lowest BCUT2D eigenvalue weighted by atomic mass is 10.1. The zero-order chi connectivity index (χ0) is 10.6. The Hall–Kier alpha value is -0.540. The lowest BCUT2D eigenvalue weighted by Gasteiger charge is -2.03. The lowest BCUT2D eigenvalue weighted by molar-refractivity contribution is 0.0989. The fraction of sp³-hybridized carbons (Fsp3) is 0.300. The van der Waals surface area contributed by atoms with Crippen LogP contribution in [0.25, 0.3) is 0 Å². The van der Waals surface area contributed by atoms with Gasteiger partial charge in [-0.15, -0.1) is 11.6 Å². The molecule has 0 aliphatic heterocycles. The van der Waals surface area contributed by atoms with Crippen LogP contribution in [0, 0.1) is 0 Å². The topological polar surface area (TPSA) is 37.3 Å². The number of hydrogen-bond donors (Lipinski definition) is 1. The molecular formula is C10H10BrClO2. The Labute approximate surface area is 96.0 Å². The van der Waals surface area contributed by atoms with Crippen molar-refractivity contribution in [2.45, 2.75) is 12.3 Å². The molecule has 0 bridgehead atoms. The van der Waals surface area contributed by atoms with E-state index in [2.05, 4.69) is 15.9 Å². The normalized spacial score (nSPS) is 10.1. The second-order valence-electron chi connectivity index (χ2n) is 2.88. The van der Waals surface area contributed by atoms with Gasteiger partial charge in [-0.3, -0.25) is 4.79 Å². The molecule has 76 valence electrons. The molecule has 0 saturated carbocycles. The molecule has 1 aromatic rings. The Kier molecular flexibility index (Phi) is 4.42. The van der Waals surface area contributed by atoms with Crippen LogP contribution >= 0.6 is 27.5 Å². The van der Waals surface area contributed by atoms with Gasteiger partial charge in [0.15, 0.2) is 5.78 Å². The van der Waals surface area contributed by atoms with E-state index in [-0.39, 0.29) is 11.5 Å². The van der Waals surface area contributed by atoms with Gasteiger partial charge in [0.2, 0.25) is 0 Å². The summed E-state index contributed by atoms with van der Waals surface area (Å²) >= 11 is 8.81. The molecule has 0 aromatic heterocycles. The van der Waals surface area contributed by atoms with Crippen LogP contribution in [0.5, 0.6) is 5.75 Å². The zero-order valence-electron chi connectivity index (χ0n) is 7.46. The van der Waals surface area contributed by atoms with Gasteiger partial charge < -0.3 is 5.11 Å². The highest BCUT2D eigenvalue weighted by Gasteiger charge is 2.07. The number of hydrogen-bond acceptors (Lipinski definition) is 2. The minimum Gasteiger partial charge on any atom is -0.508 e. The number of halogens is 2. The molecule has 0 heterocycles. The molecule has 0 unspecified atom stereocenters. The van der Waals surface area contributed by atoms with Crippen LogP contribution in [0.2, 0.25) is 0 Å². The quantitative estimate of drug-likeness (QED) is 0.678. The van der Waals surface area contributed by atoms with Gasteiger partial charge in [-0.1, -0.05) is 15.9 Å². The smallest absolute Gasteiger partial charge is 0.163 e. The maximum atomic E-state index is 11.5. The number of rotatable bonds is 4. The van der Waals surface area contributed by atoms with Crippen LogP contribution in [-0.4, -0.2) is 16.2 Å². The molecule has 0 fully saturated rings. The van der Waals surface area contributed by atoms with Crippen molar-refractivity contribution < 1.29 is 9.90 Å². The minimum atomic E-state index is 0.00383. The third-order valence-electron chi connectivity index (χ3n) is 1.78. The van der Waals surface area contributed by atoms with E-state index in [1.54, 1.807) is 12.1 Å². The number of carbonyl (C=O) groups excluding carboxylic acids is 1. The first kappa shape index (κ1) is 11.5. The van der Waals surface area contributed by atoms with Crippen molar-refractivity contribution in [3.05, 3.63) is 29.3 Å². The standard InChI is InChI=1S/C10H10BrClO2/c11-2-1-10(14)8-3-7(6-12)4-9(13)5-8/h3-5,13H,1-2,6H2. The van der Waals surface area contributed by atoms with Gasteiger partial charge in [0.05, 0.1) is 0 Å². The number of phenols is 1. The summed E-state index contributed by atoms with van der Waals surface area (Å²) in [6, 6.07) is 4.72. The summed E-state index contributed by atoms with van der Waals surface area (Å²) in [5.74, 6) is 0.383. The average Bonchev–Trinajstić information content (AvgIpc) is 2.17. The summed E-state index contributed by atoms with van der Waals surface area (Å²) in [5, 5.41) is 9.94. The molecule has 0 aliphatic carbocycles. The van der Waals surface area contributed by atoms with Crippen LogP contribution in [0.15, 0.2) is 18.2 Å². The molecule has 0 spiro atoms. The van der Waals surface area contributed by atoms with Gasteiger partial charge in [-0.25, -0.2) is 0 Å². The van der Waals surface area contributed by atoms with Crippen molar-refractivity contribution in [2.24, 2.45) is 0 Å². The van der Waals surface area contributed by atoms with E-state index >= 15 is 0 Å². The molecule has 0 aliphatic rings. The maximum absolute atomic E-state index is 11.5. The molecule has 1 N–H and O–H groups in total. The van der Waals surface area contributed by atoms with E-state index in [1.165, 1.54) is 6.07 Å². The van der Waals surface area contributed by atoms with E-state index in [9.17, 15) is 9.90 Å². The molecule has 0 amide bonds. The first-order chi connectivity index (χ1) is 6.67. The summed E-state index contributed by atoms with van der Waals surface area (Å²) in [6.45, 7) is 0. The Morgan fingerprint density at radius 3 is 2.71 bits per heavy atom. The van der Waals surface area contributed by atoms with E-state index in [1.807, 2.05) is 0 Å². The van der Waals surface area contributed by atoms with Crippen molar-refractivity contribution in [2.75, 3.05) is 5.33 Å². The predicted octanol–water partition coefficient (Wildman–Crippen LogP) is 3.10. The number of phenolic OH excluding ortho intramolecular Hbond substituents is 1. The third kappa shape index (κ3) is 3.00. The molecule has 4 heteroatoms. The summed E-state index contributed by atoms with van der Waals surface area (Å²) in [7, 11) is 0. The Bertz CT molecular complexity index is 339. The number of ketones is 1. The summed E-state index contributed by atoms with van der Waals surface area (Å²) in [4.78, 5) is 11.5. The highest BCUT2D eigenvalue weighted by atomic mass is 79.9. The number of alkyl halides is 2. The summed E-state index contributed by atoms with van der Waals surface area (Å²) in [5.41, 5.74) is 1.27. The van der Waals surface area contributed by atoms with Crippen molar-refractivity contribution in [1.29, 1.82) is 0 Å². The Morgan fingerprint density at radius 2 is 2.14 bits per heavy atom. The number of carbonyl (C=O) groups is 1. The molecule has 0 atom stereocenters. The highest BCUT2D eigenvalue weighted by Crippen LogP contribution is 2.18. The van der Waals surface area contributed by atoms with Crippen LogP contribution in [0.1, 0.15) is 22.3 Å². The van der Waals surface area contributed by atoms with E-state index in [4.69, 9.17) is 11.6 Å². The second-order valence-corrected chi connectivity index (χ2v) is 3.94. The molecule has 2 nitrogen and oxygen atoms in total. The number of benzene rings is 1. The van der Waals surface area contributed by atoms with Crippen LogP contribution < -0.4 is 0 Å².